The number of hydrogen-bond donors (Lipinski definition) is 1. The summed E-state index contributed by atoms with van der Waals surface area (Å²) in [6.45, 7) is 7.61. The number of aromatic nitrogens is 5. The summed E-state index contributed by atoms with van der Waals surface area (Å²) in [6.07, 6.45) is 4.47. The third-order valence-electron chi connectivity index (χ3n) is 4.08. The molecule has 22 heavy (non-hydrogen) atoms. The molecule has 0 spiro atoms. The average Bonchev–Trinajstić information content (AvgIpc) is 3.13. The predicted octanol–water partition coefficient (Wildman–Crippen LogP) is 1.70. The van der Waals surface area contributed by atoms with E-state index in [1.807, 2.05) is 25.5 Å². The van der Waals surface area contributed by atoms with Crippen LogP contribution in [0.5, 0.6) is 0 Å². The Bertz CT molecular complexity index is 682. The third-order valence-corrected chi connectivity index (χ3v) is 4.08. The first kappa shape index (κ1) is 14.7. The first-order valence-corrected chi connectivity index (χ1v) is 7.79. The van der Waals surface area contributed by atoms with Crippen LogP contribution in [0.4, 0.5) is 5.82 Å². The number of hydrogen-bond acceptors (Lipinski definition) is 4. The number of carbonyl (C=O) groups excluding carboxylic acids is 1. The summed E-state index contributed by atoms with van der Waals surface area (Å²) in [5.74, 6) is 1.18. The van der Waals surface area contributed by atoms with E-state index in [9.17, 15) is 4.79 Å². The van der Waals surface area contributed by atoms with Crippen LogP contribution in [0.25, 0.3) is 0 Å². The fourth-order valence-corrected chi connectivity index (χ4v) is 2.57. The summed E-state index contributed by atoms with van der Waals surface area (Å²) >= 11 is 0. The van der Waals surface area contributed by atoms with Crippen LogP contribution in [-0.2, 0) is 24.3 Å². The molecule has 3 rings (SSSR count). The molecule has 0 atom stereocenters. The maximum Gasteiger partial charge on any atom is 0.230 e. The van der Waals surface area contributed by atoms with Crippen molar-refractivity contribution in [1.29, 1.82) is 0 Å². The van der Waals surface area contributed by atoms with Gasteiger partial charge in [0, 0.05) is 17.8 Å². The highest BCUT2D eigenvalue weighted by Crippen LogP contribution is 2.31. The molecule has 1 amide bonds. The van der Waals surface area contributed by atoms with Crippen LogP contribution in [0.1, 0.15) is 36.7 Å². The zero-order valence-corrected chi connectivity index (χ0v) is 13.3. The van der Waals surface area contributed by atoms with Gasteiger partial charge in [0.25, 0.3) is 0 Å². The van der Waals surface area contributed by atoms with Gasteiger partial charge in [0.05, 0.1) is 24.9 Å². The number of rotatable bonds is 6. The van der Waals surface area contributed by atoms with Crippen LogP contribution in [0.2, 0.25) is 0 Å². The zero-order valence-electron chi connectivity index (χ0n) is 13.3. The van der Waals surface area contributed by atoms with Crippen molar-refractivity contribution in [2.75, 3.05) is 5.32 Å². The summed E-state index contributed by atoms with van der Waals surface area (Å²) in [6, 6.07) is 0. The molecular formula is C15H22N6O. The molecule has 1 fully saturated rings. The number of nitrogens with zero attached hydrogens (tertiary/aromatic N) is 5. The molecule has 7 heteroatoms. The molecule has 0 saturated heterocycles. The molecular weight excluding hydrogens is 280 g/mol. The van der Waals surface area contributed by atoms with Crippen LogP contribution in [0.15, 0.2) is 6.20 Å². The number of nitrogens with one attached hydrogen (secondary N) is 1. The van der Waals surface area contributed by atoms with Crippen molar-refractivity contribution >= 4 is 11.7 Å². The molecule has 118 valence electrons. The van der Waals surface area contributed by atoms with Gasteiger partial charge in [-0.15, -0.1) is 5.10 Å². The molecule has 2 aromatic rings. The van der Waals surface area contributed by atoms with E-state index in [2.05, 4.69) is 20.6 Å². The Labute approximate surface area is 129 Å². The summed E-state index contributed by atoms with van der Waals surface area (Å²) in [7, 11) is 0. The first-order valence-electron chi connectivity index (χ1n) is 7.79. The maximum atomic E-state index is 12.2. The topological polar surface area (TPSA) is 77.6 Å². The molecule has 1 aliphatic carbocycles. The number of carbonyl (C=O) groups is 1. The molecule has 2 aromatic heterocycles. The normalized spacial score (nSPS) is 14.3. The highest BCUT2D eigenvalue weighted by atomic mass is 16.1. The standard InChI is InChI=1S/C15H22N6O/c1-4-21-16-8-14(19-21)17-15(22)7-13-10(2)18-20(11(13)3)9-12-5-6-12/h8,12H,4-7,9H2,1-3H3,(H,17,19,22). The van der Waals surface area contributed by atoms with Crippen molar-refractivity contribution in [3.05, 3.63) is 23.1 Å². The van der Waals surface area contributed by atoms with Crippen LogP contribution in [-0.4, -0.2) is 30.7 Å². The SMILES string of the molecule is CCn1ncc(NC(=O)Cc2c(C)nn(CC3CC3)c2C)n1. The number of aryl methyl sites for hydroxylation is 2. The predicted molar refractivity (Wildman–Crippen MR) is 82.5 cm³/mol. The third kappa shape index (κ3) is 3.18. The van der Waals surface area contributed by atoms with Gasteiger partial charge in [-0.3, -0.25) is 9.48 Å². The fourth-order valence-electron chi connectivity index (χ4n) is 2.57. The quantitative estimate of drug-likeness (QED) is 0.881. The lowest BCUT2D eigenvalue weighted by Crippen LogP contribution is -2.16. The first-order chi connectivity index (χ1) is 10.6. The summed E-state index contributed by atoms with van der Waals surface area (Å²) < 4.78 is 2.04. The molecule has 7 nitrogen and oxygen atoms in total. The Kier molecular flexibility index (Phi) is 3.96. The molecule has 0 radical (unpaired) electrons. The molecule has 1 aliphatic rings. The van der Waals surface area contributed by atoms with E-state index in [1.165, 1.54) is 12.8 Å². The van der Waals surface area contributed by atoms with Gasteiger partial charge in [0.2, 0.25) is 5.91 Å². The minimum absolute atomic E-state index is 0.0830. The summed E-state index contributed by atoms with van der Waals surface area (Å²) in [4.78, 5) is 13.7. The van der Waals surface area contributed by atoms with E-state index >= 15 is 0 Å². The van der Waals surface area contributed by atoms with E-state index in [-0.39, 0.29) is 5.91 Å². The lowest BCUT2D eigenvalue weighted by Gasteiger charge is -2.04. The lowest BCUT2D eigenvalue weighted by molar-refractivity contribution is -0.115. The van der Waals surface area contributed by atoms with Gasteiger partial charge in [-0.05, 0) is 39.5 Å². The Hall–Kier alpha value is -2.18. The molecule has 1 N–H and O–H groups in total. The average molecular weight is 302 g/mol. The van der Waals surface area contributed by atoms with E-state index in [0.29, 0.717) is 18.8 Å². The van der Waals surface area contributed by atoms with Crippen molar-refractivity contribution in [3.63, 3.8) is 0 Å². The van der Waals surface area contributed by atoms with Crippen molar-refractivity contribution < 1.29 is 4.79 Å². The Morgan fingerprint density at radius 1 is 1.36 bits per heavy atom. The highest BCUT2D eigenvalue weighted by molar-refractivity contribution is 5.91. The molecule has 2 heterocycles. The summed E-state index contributed by atoms with van der Waals surface area (Å²) in [5.41, 5.74) is 3.04. The van der Waals surface area contributed by atoms with Crippen molar-refractivity contribution in [3.8, 4) is 0 Å². The number of amides is 1. The monoisotopic (exact) mass is 302 g/mol. The van der Waals surface area contributed by atoms with E-state index in [0.717, 1.165) is 29.4 Å². The van der Waals surface area contributed by atoms with Crippen molar-refractivity contribution in [2.45, 2.75) is 53.1 Å². The van der Waals surface area contributed by atoms with E-state index < -0.39 is 0 Å². The van der Waals surface area contributed by atoms with Crippen LogP contribution < -0.4 is 5.32 Å². The minimum Gasteiger partial charge on any atom is -0.308 e. The molecule has 0 unspecified atom stereocenters. The van der Waals surface area contributed by atoms with Crippen molar-refractivity contribution in [2.24, 2.45) is 5.92 Å². The zero-order chi connectivity index (χ0) is 15.7. The highest BCUT2D eigenvalue weighted by Gasteiger charge is 2.24. The minimum atomic E-state index is -0.0830. The van der Waals surface area contributed by atoms with Gasteiger partial charge in [-0.1, -0.05) is 0 Å². The summed E-state index contributed by atoms with van der Waals surface area (Å²) in [5, 5.41) is 15.6. The molecule has 0 aromatic carbocycles. The van der Waals surface area contributed by atoms with Gasteiger partial charge >= 0.3 is 0 Å². The second-order valence-electron chi connectivity index (χ2n) is 5.92. The van der Waals surface area contributed by atoms with E-state index in [4.69, 9.17) is 0 Å². The van der Waals surface area contributed by atoms with Gasteiger partial charge in [0.15, 0.2) is 5.82 Å². The van der Waals surface area contributed by atoms with Gasteiger partial charge in [-0.25, -0.2) is 0 Å². The van der Waals surface area contributed by atoms with Crippen LogP contribution >= 0.6 is 0 Å². The lowest BCUT2D eigenvalue weighted by atomic mass is 10.1. The smallest absolute Gasteiger partial charge is 0.230 e. The Morgan fingerprint density at radius 3 is 2.77 bits per heavy atom. The number of anilines is 1. The fraction of sp³-hybridized carbons (Fsp3) is 0.600. The van der Waals surface area contributed by atoms with Gasteiger partial charge < -0.3 is 5.32 Å². The second kappa shape index (κ2) is 5.90. The molecule has 1 saturated carbocycles. The largest absolute Gasteiger partial charge is 0.308 e. The van der Waals surface area contributed by atoms with Crippen LogP contribution in [0, 0.1) is 19.8 Å². The van der Waals surface area contributed by atoms with Gasteiger partial charge in [0.1, 0.15) is 0 Å². The molecule has 0 bridgehead atoms. The Balaban J connectivity index is 1.66. The Morgan fingerprint density at radius 2 is 2.14 bits per heavy atom. The second-order valence-corrected chi connectivity index (χ2v) is 5.92. The van der Waals surface area contributed by atoms with Crippen molar-refractivity contribution in [1.82, 2.24) is 24.8 Å². The van der Waals surface area contributed by atoms with E-state index in [1.54, 1.807) is 11.0 Å². The van der Waals surface area contributed by atoms with Gasteiger partial charge in [-0.2, -0.15) is 15.0 Å². The maximum absolute atomic E-state index is 12.2. The molecule has 0 aliphatic heterocycles. The van der Waals surface area contributed by atoms with Crippen LogP contribution in [0.3, 0.4) is 0 Å².